The molecule has 22 heavy (non-hydrogen) atoms. The van der Waals surface area contributed by atoms with Gasteiger partial charge in [0, 0.05) is 12.1 Å². The summed E-state index contributed by atoms with van der Waals surface area (Å²) in [4.78, 5) is 11.8. The van der Waals surface area contributed by atoms with E-state index in [-0.39, 0.29) is 24.9 Å². The Morgan fingerprint density at radius 3 is 2.36 bits per heavy atom. The van der Waals surface area contributed by atoms with E-state index in [1.54, 1.807) is 36.4 Å². The molecule has 0 unspecified atom stereocenters. The molecule has 0 spiro atoms. The van der Waals surface area contributed by atoms with Crippen molar-refractivity contribution in [2.75, 3.05) is 13.2 Å². The summed E-state index contributed by atoms with van der Waals surface area (Å²) in [6.45, 7) is 2.36. The van der Waals surface area contributed by atoms with E-state index in [4.69, 9.17) is 9.47 Å². The Bertz CT molecular complexity index is 631. The fourth-order valence-corrected chi connectivity index (χ4v) is 1.87. The van der Waals surface area contributed by atoms with E-state index < -0.39 is 0 Å². The SMILES string of the molecule is CCOc1ccccc1OCC(=O)NCc1ccccc1F. The molecule has 0 aliphatic heterocycles. The summed E-state index contributed by atoms with van der Waals surface area (Å²) in [6, 6.07) is 13.4. The second kappa shape index (κ2) is 8.02. The number of para-hydroxylation sites is 2. The highest BCUT2D eigenvalue weighted by molar-refractivity contribution is 5.77. The van der Waals surface area contributed by atoms with Gasteiger partial charge in [-0.3, -0.25) is 4.79 Å². The second-order valence-corrected chi connectivity index (χ2v) is 4.54. The van der Waals surface area contributed by atoms with Crippen LogP contribution in [0, 0.1) is 5.82 Å². The van der Waals surface area contributed by atoms with Gasteiger partial charge in [-0.15, -0.1) is 0 Å². The third-order valence-electron chi connectivity index (χ3n) is 2.94. The third kappa shape index (κ3) is 4.48. The summed E-state index contributed by atoms with van der Waals surface area (Å²) >= 11 is 0. The van der Waals surface area contributed by atoms with E-state index in [2.05, 4.69) is 5.32 Å². The van der Waals surface area contributed by atoms with Crippen LogP contribution in [0.5, 0.6) is 11.5 Å². The zero-order valence-corrected chi connectivity index (χ0v) is 12.3. The largest absolute Gasteiger partial charge is 0.490 e. The van der Waals surface area contributed by atoms with Crippen molar-refractivity contribution < 1.29 is 18.7 Å². The molecule has 5 heteroatoms. The van der Waals surface area contributed by atoms with Gasteiger partial charge in [0.25, 0.3) is 5.91 Å². The summed E-state index contributed by atoms with van der Waals surface area (Å²) in [6.07, 6.45) is 0. The molecule has 2 aromatic rings. The number of amides is 1. The molecule has 0 fully saturated rings. The smallest absolute Gasteiger partial charge is 0.258 e. The van der Waals surface area contributed by atoms with Crippen molar-refractivity contribution in [1.29, 1.82) is 0 Å². The van der Waals surface area contributed by atoms with Gasteiger partial charge in [-0.2, -0.15) is 0 Å². The Kier molecular flexibility index (Phi) is 5.77. The van der Waals surface area contributed by atoms with Gasteiger partial charge in [-0.1, -0.05) is 30.3 Å². The average Bonchev–Trinajstić information content (AvgIpc) is 2.53. The normalized spacial score (nSPS) is 10.1. The molecule has 0 heterocycles. The highest BCUT2D eigenvalue weighted by Gasteiger charge is 2.08. The molecule has 0 saturated carbocycles. The van der Waals surface area contributed by atoms with Crippen molar-refractivity contribution in [3.8, 4) is 11.5 Å². The van der Waals surface area contributed by atoms with Crippen LogP contribution in [0.4, 0.5) is 4.39 Å². The van der Waals surface area contributed by atoms with Gasteiger partial charge in [-0.25, -0.2) is 4.39 Å². The zero-order valence-electron chi connectivity index (χ0n) is 12.3. The van der Waals surface area contributed by atoms with Crippen molar-refractivity contribution in [2.45, 2.75) is 13.5 Å². The molecule has 0 bridgehead atoms. The molecule has 1 N–H and O–H groups in total. The molecule has 0 radical (unpaired) electrons. The van der Waals surface area contributed by atoms with Crippen molar-refractivity contribution in [3.63, 3.8) is 0 Å². The molecular formula is C17H18FNO3. The number of rotatable bonds is 7. The Morgan fingerprint density at radius 1 is 1.05 bits per heavy atom. The van der Waals surface area contributed by atoms with E-state index in [1.165, 1.54) is 6.07 Å². The zero-order chi connectivity index (χ0) is 15.8. The maximum Gasteiger partial charge on any atom is 0.258 e. The average molecular weight is 303 g/mol. The highest BCUT2D eigenvalue weighted by atomic mass is 19.1. The number of ether oxygens (including phenoxy) is 2. The molecule has 4 nitrogen and oxygen atoms in total. The van der Waals surface area contributed by atoms with Gasteiger partial charge >= 0.3 is 0 Å². The first-order chi connectivity index (χ1) is 10.7. The summed E-state index contributed by atoms with van der Waals surface area (Å²) < 4.78 is 24.3. The summed E-state index contributed by atoms with van der Waals surface area (Å²) in [7, 11) is 0. The monoisotopic (exact) mass is 303 g/mol. The van der Waals surface area contributed by atoms with Gasteiger partial charge in [0.2, 0.25) is 0 Å². The van der Waals surface area contributed by atoms with E-state index in [0.29, 0.717) is 23.7 Å². The Hall–Kier alpha value is -2.56. The second-order valence-electron chi connectivity index (χ2n) is 4.54. The fraction of sp³-hybridized carbons (Fsp3) is 0.235. The number of carbonyl (C=O) groups excluding carboxylic acids is 1. The van der Waals surface area contributed by atoms with Crippen molar-refractivity contribution in [2.24, 2.45) is 0 Å². The lowest BCUT2D eigenvalue weighted by molar-refractivity contribution is -0.123. The van der Waals surface area contributed by atoms with Crippen LogP contribution in [0.2, 0.25) is 0 Å². The van der Waals surface area contributed by atoms with Crippen molar-refractivity contribution in [3.05, 3.63) is 59.9 Å². The molecule has 0 aliphatic carbocycles. The minimum Gasteiger partial charge on any atom is -0.490 e. The molecular weight excluding hydrogens is 285 g/mol. The van der Waals surface area contributed by atoms with Crippen LogP contribution in [0.15, 0.2) is 48.5 Å². The quantitative estimate of drug-likeness (QED) is 0.855. The van der Waals surface area contributed by atoms with Gasteiger partial charge in [-0.05, 0) is 25.1 Å². The van der Waals surface area contributed by atoms with Crippen LogP contribution in [0.25, 0.3) is 0 Å². The molecule has 0 aliphatic rings. The molecule has 2 aromatic carbocycles. The maximum atomic E-state index is 13.4. The maximum absolute atomic E-state index is 13.4. The predicted molar refractivity (Wildman–Crippen MR) is 81.4 cm³/mol. The Morgan fingerprint density at radius 2 is 1.68 bits per heavy atom. The summed E-state index contributed by atoms with van der Waals surface area (Å²) in [5, 5.41) is 2.62. The number of hydrogen-bond donors (Lipinski definition) is 1. The standard InChI is InChI=1S/C17H18FNO3/c1-2-21-15-9-5-6-10-16(15)22-12-17(20)19-11-13-7-3-4-8-14(13)18/h3-10H,2,11-12H2,1H3,(H,19,20). The lowest BCUT2D eigenvalue weighted by atomic mass is 10.2. The number of nitrogens with one attached hydrogen (secondary N) is 1. The molecule has 0 aromatic heterocycles. The topological polar surface area (TPSA) is 47.6 Å². The van der Waals surface area contributed by atoms with E-state index >= 15 is 0 Å². The van der Waals surface area contributed by atoms with Crippen molar-refractivity contribution in [1.82, 2.24) is 5.32 Å². The number of benzene rings is 2. The van der Waals surface area contributed by atoms with Crippen LogP contribution in [-0.4, -0.2) is 19.1 Å². The van der Waals surface area contributed by atoms with E-state index in [0.717, 1.165) is 0 Å². The lowest BCUT2D eigenvalue weighted by Crippen LogP contribution is -2.28. The molecule has 0 saturated heterocycles. The molecule has 2 rings (SSSR count). The van der Waals surface area contributed by atoms with Crippen LogP contribution in [-0.2, 0) is 11.3 Å². The third-order valence-corrected chi connectivity index (χ3v) is 2.94. The summed E-state index contributed by atoms with van der Waals surface area (Å²) in [5.74, 6) is 0.428. The fourth-order valence-electron chi connectivity index (χ4n) is 1.87. The molecule has 0 atom stereocenters. The first kappa shape index (κ1) is 15.8. The van der Waals surface area contributed by atoms with Gasteiger partial charge in [0.05, 0.1) is 6.61 Å². The minimum absolute atomic E-state index is 0.127. The Balaban J connectivity index is 1.84. The molecule has 1 amide bonds. The van der Waals surface area contributed by atoms with Crippen LogP contribution < -0.4 is 14.8 Å². The van der Waals surface area contributed by atoms with Gasteiger partial charge in [0.1, 0.15) is 5.82 Å². The number of hydrogen-bond acceptors (Lipinski definition) is 3. The Labute approximate surface area is 128 Å². The van der Waals surface area contributed by atoms with Crippen LogP contribution >= 0.6 is 0 Å². The predicted octanol–water partition coefficient (Wildman–Crippen LogP) is 2.92. The van der Waals surface area contributed by atoms with E-state index in [9.17, 15) is 9.18 Å². The highest BCUT2D eigenvalue weighted by Crippen LogP contribution is 2.26. The van der Waals surface area contributed by atoms with Crippen LogP contribution in [0.3, 0.4) is 0 Å². The summed E-state index contributed by atoms with van der Waals surface area (Å²) in [5.41, 5.74) is 0.436. The van der Waals surface area contributed by atoms with Crippen molar-refractivity contribution >= 4 is 5.91 Å². The van der Waals surface area contributed by atoms with Gasteiger partial charge < -0.3 is 14.8 Å². The number of carbonyl (C=O) groups is 1. The van der Waals surface area contributed by atoms with Gasteiger partial charge in [0.15, 0.2) is 18.1 Å². The minimum atomic E-state index is -0.342. The van der Waals surface area contributed by atoms with E-state index in [1.807, 2.05) is 13.0 Å². The van der Waals surface area contributed by atoms with Crippen LogP contribution in [0.1, 0.15) is 12.5 Å². The molecule has 116 valence electrons. The number of halogens is 1. The lowest BCUT2D eigenvalue weighted by Gasteiger charge is -2.11. The first-order valence-corrected chi connectivity index (χ1v) is 7.05. The first-order valence-electron chi connectivity index (χ1n) is 7.05.